The molecule has 1 aromatic heterocycles. The number of nitrogens with one attached hydrogen (secondary N) is 1. The average Bonchev–Trinajstić information content (AvgIpc) is 2.85. The number of rotatable bonds is 4. The van der Waals surface area contributed by atoms with Crippen LogP contribution in [0.1, 0.15) is 30.6 Å². The van der Waals surface area contributed by atoms with Gasteiger partial charge in [0.2, 0.25) is 10.0 Å². The second-order valence-corrected chi connectivity index (χ2v) is 7.14. The summed E-state index contributed by atoms with van der Waals surface area (Å²) in [6.07, 6.45) is 4.14. The Morgan fingerprint density at radius 3 is 2.62 bits per heavy atom. The predicted octanol–water partition coefficient (Wildman–Crippen LogP) is 1.43. The number of nitrogens with two attached hydrogens (primary N) is 1. The summed E-state index contributed by atoms with van der Waals surface area (Å²) in [6.45, 7) is 0.392. The summed E-state index contributed by atoms with van der Waals surface area (Å²) in [7, 11) is -3.32. The fourth-order valence-corrected chi connectivity index (χ4v) is 4.49. The van der Waals surface area contributed by atoms with Gasteiger partial charge in [0.1, 0.15) is 4.21 Å². The summed E-state index contributed by atoms with van der Waals surface area (Å²) in [6, 6.07) is 3.52. The summed E-state index contributed by atoms with van der Waals surface area (Å²) < 4.78 is 27.1. The van der Waals surface area contributed by atoms with E-state index >= 15 is 0 Å². The van der Waals surface area contributed by atoms with Gasteiger partial charge >= 0.3 is 0 Å². The smallest absolute Gasteiger partial charge is 0.250 e. The summed E-state index contributed by atoms with van der Waals surface area (Å²) in [4.78, 5) is 0.895. The normalized spacial score (nSPS) is 18.1. The van der Waals surface area contributed by atoms with E-state index in [1.54, 1.807) is 12.1 Å². The maximum atomic E-state index is 12.0. The second kappa shape index (κ2) is 4.83. The molecule has 0 unspecified atom stereocenters. The molecule has 1 saturated carbocycles. The molecule has 16 heavy (non-hydrogen) atoms. The first-order valence-corrected chi connectivity index (χ1v) is 7.73. The van der Waals surface area contributed by atoms with Crippen molar-refractivity contribution in [3.05, 3.63) is 17.0 Å². The molecule has 6 heteroatoms. The maximum absolute atomic E-state index is 12.0. The van der Waals surface area contributed by atoms with Gasteiger partial charge in [-0.1, -0.05) is 12.8 Å². The summed E-state index contributed by atoms with van der Waals surface area (Å²) in [5.41, 5.74) is 5.47. The zero-order valence-electron chi connectivity index (χ0n) is 8.98. The fourth-order valence-electron chi connectivity index (χ4n) is 1.93. The molecule has 1 heterocycles. The van der Waals surface area contributed by atoms with E-state index < -0.39 is 10.0 Å². The van der Waals surface area contributed by atoms with Crippen LogP contribution in [0.25, 0.3) is 0 Å². The quantitative estimate of drug-likeness (QED) is 0.860. The van der Waals surface area contributed by atoms with Gasteiger partial charge in [0.05, 0.1) is 0 Å². The highest BCUT2D eigenvalue weighted by Crippen LogP contribution is 2.24. The van der Waals surface area contributed by atoms with E-state index in [4.69, 9.17) is 5.73 Å². The van der Waals surface area contributed by atoms with Gasteiger partial charge in [-0.05, 0) is 25.0 Å². The topological polar surface area (TPSA) is 72.2 Å². The van der Waals surface area contributed by atoms with E-state index in [2.05, 4.69) is 4.72 Å². The lowest BCUT2D eigenvalue weighted by molar-refractivity contribution is 0.554. The van der Waals surface area contributed by atoms with Crippen LogP contribution >= 0.6 is 11.3 Å². The first kappa shape index (κ1) is 12.0. The van der Waals surface area contributed by atoms with Crippen LogP contribution < -0.4 is 10.5 Å². The summed E-state index contributed by atoms with van der Waals surface area (Å²) in [5, 5.41) is 0. The van der Waals surface area contributed by atoms with Crippen molar-refractivity contribution in [2.75, 3.05) is 0 Å². The van der Waals surface area contributed by atoms with E-state index in [9.17, 15) is 8.42 Å². The molecule has 0 bridgehead atoms. The molecule has 90 valence electrons. The van der Waals surface area contributed by atoms with Crippen LogP contribution in [0, 0.1) is 0 Å². The Morgan fingerprint density at radius 2 is 2.06 bits per heavy atom. The molecule has 0 atom stereocenters. The fraction of sp³-hybridized carbons (Fsp3) is 0.600. The van der Waals surface area contributed by atoms with Crippen molar-refractivity contribution in [1.29, 1.82) is 0 Å². The van der Waals surface area contributed by atoms with Crippen molar-refractivity contribution in [2.45, 2.75) is 42.5 Å². The van der Waals surface area contributed by atoms with Crippen LogP contribution in [0.15, 0.2) is 16.3 Å². The lowest BCUT2D eigenvalue weighted by Gasteiger charge is -2.10. The molecular weight excluding hydrogens is 244 g/mol. The van der Waals surface area contributed by atoms with Crippen LogP contribution in [-0.2, 0) is 16.6 Å². The third-order valence-corrected chi connectivity index (χ3v) is 5.90. The van der Waals surface area contributed by atoms with Gasteiger partial charge in [0, 0.05) is 17.5 Å². The molecule has 2 rings (SSSR count). The molecule has 1 fully saturated rings. The number of hydrogen-bond donors (Lipinski definition) is 2. The van der Waals surface area contributed by atoms with E-state index in [1.165, 1.54) is 11.3 Å². The molecule has 0 saturated heterocycles. The van der Waals surface area contributed by atoms with Gasteiger partial charge in [-0.25, -0.2) is 13.1 Å². The highest BCUT2D eigenvalue weighted by atomic mass is 32.2. The minimum Gasteiger partial charge on any atom is -0.326 e. The zero-order chi connectivity index (χ0) is 11.6. The first-order chi connectivity index (χ1) is 7.62. The lowest BCUT2D eigenvalue weighted by atomic mass is 10.3. The molecule has 1 aromatic rings. The average molecular weight is 260 g/mol. The van der Waals surface area contributed by atoms with Crippen molar-refractivity contribution < 1.29 is 8.42 Å². The Labute approximate surface area is 99.9 Å². The van der Waals surface area contributed by atoms with E-state index in [0.29, 0.717) is 10.8 Å². The van der Waals surface area contributed by atoms with Crippen molar-refractivity contribution in [3.63, 3.8) is 0 Å². The highest BCUT2D eigenvalue weighted by molar-refractivity contribution is 7.91. The highest BCUT2D eigenvalue weighted by Gasteiger charge is 2.23. The summed E-state index contributed by atoms with van der Waals surface area (Å²) in [5.74, 6) is 0. The third-order valence-electron chi connectivity index (χ3n) is 2.78. The number of thiophene rings is 1. The van der Waals surface area contributed by atoms with Gasteiger partial charge in [-0.3, -0.25) is 0 Å². The standard InChI is InChI=1S/C10H16N2O2S2/c11-7-9-5-6-10(15-9)16(13,14)12-8-3-1-2-4-8/h5-6,8,12H,1-4,7,11H2. The Bertz CT molecular complexity index is 447. The Morgan fingerprint density at radius 1 is 1.38 bits per heavy atom. The lowest BCUT2D eigenvalue weighted by Crippen LogP contribution is -2.32. The molecule has 0 amide bonds. The Balaban J connectivity index is 2.11. The minimum absolute atomic E-state index is 0.119. The van der Waals surface area contributed by atoms with Crippen LogP contribution in [0.2, 0.25) is 0 Å². The van der Waals surface area contributed by atoms with E-state index in [-0.39, 0.29) is 6.04 Å². The number of hydrogen-bond acceptors (Lipinski definition) is 4. The van der Waals surface area contributed by atoms with E-state index in [0.717, 1.165) is 30.6 Å². The van der Waals surface area contributed by atoms with Gasteiger partial charge in [-0.2, -0.15) is 0 Å². The third kappa shape index (κ3) is 2.63. The van der Waals surface area contributed by atoms with Gasteiger partial charge in [-0.15, -0.1) is 11.3 Å². The molecule has 4 nitrogen and oxygen atoms in total. The van der Waals surface area contributed by atoms with Crippen LogP contribution in [0.5, 0.6) is 0 Å². The second-order valence-electron chi connectivity index (χ2n) is 4.03. The van der Waals surface area contributed by atoms with Crippen LogP contribution in [-0.4, -0.2) is 14.5 Å². The molecule has 0 aromatic carbocycles. The van der Waals surface area contributed by atoms with Gasteiger partial charge in [0.15, 0.2) is 0 Å². The predicted molar refractivity (Wildman–Crippen MR) is 64.8 cm³/mol. The molecule has 3 N–H and O–H groups in total. The zero-order valence-corrected chi connectivity index (χ0v) is 10.6. The molecule has 0 aliphatic heterocycles. The molecule has 1 aliphatic rings. The first-order valence-electron chi connectivity index (χ1n) is 5.43. The van der Waals surface area contributed by atoms with Crippen molar-refractivity contribution in [2.24, 2.45) is 5.73 Å². The molecule has 0 radical (unpaired) electrons. The maximum Gasteiger partial charge on any atom is 0.250 e. The summed E-state index contributed by atoms with van der Waals surface area (Å²) >= 11 is 1.25. The van der Waals surface area contributed by atoms with E-state index in [1.807, 2.05) is 0 Å². The SMILES string of the molecule is NCc1ccc(S(=O)(=O)NC2CCCC2)s1. The van der Waals surface area contributed by atoms with Gasteiger partial charge < -0.3 is 5.73 Å². The van der Waals surface area contributed by atoms with Crippen molar-refractivity contribution in [1.82, 2.24) is 4.72 Å². The molecular formula is C10H16N2O2S2. The molecule has 1 aliphatic carbocycles. The van der Waals surface area contributed by atoms with Crippen LogP contribution in [0.3, 0.4) is 0 Å². The Kier molecular flexibility index (Phi) is 3.63. The number of sulfonamides is 1. The van der Waals surface area contributed by atoms with Gasteiger partial charge in [0.25, 0.3) is 0 Å². The minimum atomic E-state index is -3.32. The molecule has 0 spiro atoms. The largest absolute Gasteiger partial charge is 0.326 e. The van der Waals surface area contributed by atoms with Crippen molar-refractivity contribution in [3.8, 4) is 0 Å². The monoisotopic (exact) mass is 260 g/mol. The Hall–Kier alpha value is -0.430. The van der Waals surface area contributed by atoms with Crippen LogP contribution in [0.4, 0.5) is 0 Å². The van der Waals surface area contributed by atoms with Crippen molar-refractivity contribution >= 4 is 21.4 Å².